The molecule has 3 aromatic carbocycles. The van der Waals surface area contributed by atoms with Gasteiger partial charge in [-0.3, -0.25) is 4.79 Å². The summed E-state index contributed by atoms with van der Waals surface area (Å²) in [7, 11) is 3.16. The number of hydrogen-bond donors (Lipinski definition) is 1. The number of rotatable bonds is 10. The first-order valence-electron chi connectivity index (χ1n) is 10.0. The third kappa shape index (κ3) is 6.77. The van der Waals surface area contributed by atoms with Crippen LogP contribution >= 0.6 is 0 Å². The van der Waals surface area contributed by atoms with Crippen LogP contribution < -0.4 is 24.4 Å². The van der Waals surface area contributed by atoms with Crippen molar-refractivity contribution in [1.29, 1.82) is 0 Å². The topological polar surface area (TPSA) is 78.4 Å². The lowest BCUT2D eigenvalue weighted by atomic mass is 10.2. The fraction of sp³-hybridized carbons (Fsp3) is 0.200. The lowest BCUT2D eigenvalue weighted by molar-refractivity contribution is -0.123. The molecule has 0 radical (unpaired) electrons. The van der Waals surface area contributed by atoms with E-state index in [9.17, 15) is 4.79 Å². The van der Waals surface area contributed by atoms with Crippen LogP contribution in [0.4, 0.5) is 0 Å². The minimum Gasteiger partial charge on any atom is -0.497 e. The number of amides is 1. The Morgan fingerprint density at radius 2 is 1.59 bits per heavy atom. The molecule has 0 aliphatic rings. The van der Waals surface area contributed by atoms with Crippen molar-refractivity contribution in [3.63, 3.8) is 0 Å². The number of benzene rings is 3. The summed E-state index contributed by atoms with van der Waals surface area (Å²) < 4.78 is 21.8. The molecular formula is C25H26N2O5. The molecule has 7 nitrogen and oxygen atoms in total. The smallest absolute Gasteiger partial charge is 0.277 e. The van der Waals surface area contributed by atoms with E-state index in [-0.39, 0.29) is 12.5 Å². The van der Waals surface area contributed by atoms with Crippen molar-refractivity contribution in [2.45, 2.75) is 13.5 Å². The molecule has 0 heterocycles. The number of nitrogens with zero attached hydrogens (tertiary/aromatic N) is 1. The van der Waals surface area contributed by atoms with Gasteiger partial charge in [0.1, 0.15) is 18.1 Å². The minimum absolute atomic E-state index is 0.154. The number of ether oxygens (including phenoxy) is 4. The van der Waals surface area contributed by atoms with Gasteiger partial charge in [0, 0.05) is 0 Å². The summed E-state index contributed by atoms with van der Waals surface area (Å²) in [5, 5.41) is 3.97. The normalized spacial score (nSPS) is 10.6. The summed E-state index contributed by atoms with van der Waals surface area (Å²) in [6.45, 7) is 2.33. The number of aryl methyl sites for hydroxylation is 1. The highest BCUT2D eigenvalue weighted by Gasteiger charge is 2.06. The molecule has 0 aliphatic heterocycles. The zero-order valence-corrected chi connectivity index (χ0v) is 18.3. The second kappa shape index (κ2) is 11.4. The average Bonchev–Trinajstić information content (AvgIpc) is 2.83. The lowest BCUT2D eigenvalue weighted by Crippen LogP contribution is -2.24. The molecule has 32 heavy (non-hydrogen) atoms. The molecule has 166 valence electrons. The molecule has 0 spiro atoms. The number of hydrazone groups is 1. The maximum atomic E-state index is 11.9. The predicted octanol–water partition coefficient (Wildman–Crippen LogP) is 4.12. The van der Waals surface area contributed by atoms with Gasteiger partial charge in [-0.1, -0.05) is 29.8 Å². The first-order valence-corrected chi connectivity index (χ1v) is 10.0. The van der Waals surface area contributed by atoms with Gasteiger partial charge in [-0.05, 0) is 60.5 Å². The van der Waals surface area contributed by atoms with Crippen LogP contribution in [0, 0.1) is 6.92 Å². The third-order valence-corrected chi connectivity index (χ3v) is 4.53. The summed E-state index contributed by atoms with van der Waals surface area (Å²) in [4.78, 5) is 11.9. The summed E-state index contributed by atoms with van der Waals surface area (Å²) in [5.41, 5.74) is 5.46. The van der Waals surface area contributed by atoms with E-state index in [0.29, 0.717) is 29.6 Å². The molecule has 0 aromatic heterocycles. The van der Waals surface area contributed by atoms with E-state index in [1.165, 1.54) is 11.8 Å². The minimum atomic E-state index is -0.373. The highest BCUT2D eigenvalue weighted by Crippen LogP contribution is 2.28. The van der Waals surface area contributed by atoms with Gasteiger partial charge in [0.2, 0.25) is 0 Å². The lowest BCUT2D eigenvalue weighted by Gasteiger charge is -2.11. The van der Waals surface area contributed by atoms with Gasteiger partial charge in [-0.25, -0.2) is 5.43 Å². The van der Waals surface area contributed by atoms with Gasteiger partial charge in [-0.15, -0.1) is 0 Å². The van der Waals surface area contributed by atoms with E-state index in [2.05, 4.69) is 10.5 Å². The average molecular weight is 434 g/mol. The van der Waals surface area contributed by atoms with Crippen LogP contribution in [0.1, 0.15) is 16.7 Å². The second-order valence-electron chi connectivity index (χ2n) is 6.94. The Kier molecular flexibility index (Phi) is 8.09. The first kappa shape index (κ1) is 22.7. The van der Waals surface area contributed by atoms with E-state index < -0.39 is 0 Å². The van der Waals surface area contributed by atoms with Crippen LogP contribution in [0.2, 0.25) is 0 Å². The summed E-state index contributed by atoms with van der Waals surface area (Å²) in [6, 6.07) is 20.5. The number of methoxy groups -OCH3 is 2. The molecule has 0 aliphatic carbocycles. The molecule has 3 rings (SSSR count). The Labute approximate surface area is 187 Å². The van der Waals surface area contributed by atoms with Gasteiger partial charge in [0.15, 0.2) is 18.1 Å². The van der Waals surface area contributed by atoms with E-state index in [4.69, 9.17) is 18.9 Å². The van der Waals surface area contributed by atoms with Gasteiger partial charge >= 0.3 is 0 Å². The van der Waals surface area contributed by atoms with E-state index in [1.54, 1.807) is 44.6 Å². The largest absolute Gasteiger partial charge is 0.497 e. The molecule has 7 heteroatoms. The van der Waals surface area contributed by atoms with E-state index in [1.807, 2.05) is 43.3 Å². The number of carbonyl (C=O) groups is 1. The van der Waals surface area contributed by atoms with E-state index in [0.717, 1.165) is 11.1 Å². The zero-order chi connectivity index (χ0) is 22.8. The van der Waals surface area contributed by atoms with E-state index >= 15 is 0 Å². The summed E-state index contributed by atoms with van der Waals surface area (Å²) >= 11 is 0. The molecule has 1 N–H and O–H groups in total. The standard InChI is InChI=1S/C25H26N2O5/c1-18-4-6-19(7-5-18)16-32-23-13-8-20(14-24(23)30-3)15-26-27-25(28)17-31-22-11-9-21(29-2)10-12-22/h4-15H,16-17H2,1-3H3,(H,27,28)/b26-15+. The fourth-order valence-electron chi connectivity index (χ4n) is 2.76. The molecule has 0 fully saturated rings. The molecule has 3 aromatic rings. The van der Waals surface area contributed by atoms with Crippen LogP contribution in [0.3, 0.4) is 0 Å². The van der Waals surface area contributed by atoms with Crippen molar-refractivity contribution in [3.05, 3.63) is 83.4 Å². The van der Waals surface area contributed by atoms with Crippen LogP contribution in [0.25, 0.3) is 0 Å². The van der Waals surface area contributed by atoms with Crippen molar-refractivity contribution in [3.8, 4) is 23.0 Å². The number of hydrogen-bond acceptors (Lipinski definition) is 6. The Balaban J connectivity index is 1.50. The van der Waals surface area contributed by atoms with Gasteiger partial charge in [0.05, 0.1) is 20.4 Å². The zero-order valence-electron chi connectivity index (χ0n) is 18.3. The first-order chi connectivity index (χ1) is 15.6. The predicted molar refractivity (Wildman–Crippen MR) is 123 cm³/mol. The Morgan fingerprint density at radius 3 is 2.28 bits per heavy atom. The Morgan fingerprint density at radius 1 is 0.875 bits per heavy atom. The van der Waals surface area contributed by atoms with Crippen LogP contribution in [-0.2, 0) is 11.4 Å². The van der Waals surface area contributed by atoms with Crippen molar-refractivity contribution in [2.24, 2.45) is 5.10 Å². The van der Waals surface area contributed by atoms with Crippen LogP contribution in [0.15, 0.2) is 71.8 Å². The Hall–Kier alpha value is -4.00. The van der Waals surface area contributed by atoms with Crippen molar-refractivity contribution in [1.82, 2.24) is 5.43 Å². The summed E-state index contributed by atoms with van der Waals surface area (Å²) in [5.74, 6) is 2.11. The van der Waals surface area contributed by atoms with Crippen molar-refractivity contribution >= 4 is 12.1 Å². The van der Waals surface area contributed by atoms with Crippen LogP contribution in [0.5, 0.6) is 23.0 Å². The van der Waals surface area contributed by atoms with Gasteiger partial charge in [0.25, 0.3) is 5.91 Å². The molecule has 0 saturated heterocycles. The number of nitrogens with one attached hydrogen (secondary N) is 1. The quantitative estimate of drug-likeness (QED) is 0.384. The molecule has 0 saturated carbocycles. The maximum absolute atomic E-state index is 11.9. The summed E-state index contributed by atoms with van der Waals surface area (Å²) in [6.07, 6.45) is 1.53. The molecule has 0 bridgehead atoms. The third-order valence-electron chi connectivity index (χ3n) is 4.53. The van der Waals surface area contributed by atoms with Crippen molar-refractivity contribution < 1.29 is 23.7 Å². The van der Waals surface area contributed by atoms with Crippen LogP contribution in [-0.4, -0.2) is 32.9 Å². The SMILES string of the molecule is COc1ccc(OCC(=O)N/N=C/c2ccc(OCc3ccc(C)cc3)c(OC)c2)cc1. The second-order valence-corrected chi connectivity index (χ2v) is 6.94. The molecule has 0 unspecified atom stereocenters. The monoisotopic (exact) mass is 434 g/mol. The van der Waals surface area contributed by atoms with Crippen molar-refractivity contribution in [2.75, 3.05) is 20.8 Å². The Bertz CT molecular complexity index is 1050. The highest BCUT2D eigenvalue weighted by molar-refractivity contribution is 5.83. The molecule has 1 amide bonds. The van der Waals surface area contributed by atoms with Gasteiger partial charge in [-0.2, -0.15) is 5.10 Å². The molecular weight excluding hydrogens is 408 g/mol. The fourth-order valence-corrected chi connectivity index (χ4v) is 2.76. The number of carbonyl (C=O) groups excluding carboxylic acids is 1. The van der Waals surface area contributed by atoms with Gasteiger partial charge < -0.3 is 18.9 Å². The molecule has 0 atom stereocenters. The maximum Gasteiger partial charge on any atom is 0.277 e. The highest BCUT2D eigenvalue weighted by atomic mass is 16.5.